The van der Waals surface area contributed by atoms with Crippen molar-refractivity contribution in [2.24, 2.45) is 0 Å². The maximum Gasteiger partial charge on any atom is 0.276 e. The molecule has 4 aromatic rings. The molecule has 3 heterocycles. The molecule has 0 aliphatic heterocycles. The second-order valence-electron chi connectivity index (χ2n) is 5.85. The molecule has 4 rings (SSSR count). The minimum atomic E-state index is -0.427. The average molecular weight is 392 g/mol. The van der Waals surface area contributed by atoms with Gasteiger partial charge >= 0.3 is 0 Å². The molecule has 0 saturated carbocycles. The van der Waals surface area contributed by atoms with E-state index in [0.717, 1.165) is 5.56 Å². The van der Waals surface area contributed by atoms with Gasteiger partial charge in [-0.2, -0.15) is 15.1 Å². The van der Waals surface area contributed by atoms with E-state index < -0.39 is 5.91 Å². The van der Waals surface area contributed by atoms with E-state index in [1.807, 2.05) is 24.3 Å². The quantitative estimate of drug-likeness (QED) is 0.550. The molecule has 28 heavy (non-hydrogen) atoms. The Morgan fingerprint density at radius 2 is 1.86 bits per heavy atom. The summed E-state index contributed by atoms with van der Waals surface area (Å²) in [5.41, 5.74) is 2.14. The first-order valence-electron chi connectivity index (χ1n) is 8.36. The molecule has 0 bridgehead atoms. The van der Waals surface area contributed by atoms with Crippen molar-refractivity contribution < 1.29 is 4.79 Å². The molecule has 0 spiro atoms. The zero-order valence-corrected chi connectivity index (χ0v) is 15.5. The summed E-state index contributed by atoms with van der Waals surface area (Å²) in [6, 6.07) is 14.3. The number of nitrogens with one attached hydrogen (secondary N) is 2. The summed E-state index contributed by atoms with van der Waals surface area (Å²) in [5.74, 6) is 0.549. The van der Waals surface area contributed by atoms with Crippen LogP contribution < -0.4 is 5.32 Å². The maximum absolute atomic E-state index is 12.6. The van der Waals surface area contributed by atoms with Gasteiger partial charge < -0.3 is 0 Å². The van der Waals surface area contributed by atoms with Gasteiger partial charge in [0.2, 0.25) is 5.95 Å². The Hall–Kier alpha value is -3.65. The molecule has 0 fully saturated rings. The average Bonchev–Trinajstić information content (AvgIpc) is 3.19. The molecule has 0 aliphatic rings. The number of hydrogen-bond acceptors (Lipinski definition) is 6. The molecule has 0 saturated heterocycles. The third kappa shape index (κ3) is 3.72. The van der Waals surface area contributed by atoms with Gasteiger partial charge in [-0.05, 0) is 31.2 Å². The number of pyridine rings is 1. The smallest absolute Gasteiger partial charge is 0.276 e. The van der Waals surface area contributed by atoms with Gasteiger partial charge in [-0.15, -0.1) is 0 Å². The van der Waals surface area contributed by atoms with Gasteiger partial charge in [0.05, 0.1) is 10.7 Å². The fourth-order valence-electron chi connectivity index (χ4n) is 2.56. The number of aromatic nitrogens is 6. The normalized spacial score (nSPS) is 10.6. The highest BCUT2D eigenvalue weighted by Gasteiger charge is 2.15. The van der Waals surface area contributed by atoms with Gasteiger partial charge in [0, 0.05) is 11.8 Å². The molecule has 0 atom stereocenters. The van der Waals surface area contributed by atoms with Crippen molar-refractivity contribution in [3.8, 4) is 22.8 Å². The number of nitrogens with zero attached hydrogens (tertiary/aromatic N) is 5. The van der Waals surface area contributed by atoms with Gasteiger partial charge in [-0.3, -0.25) is 20.2 Å². The number of carbonyl (C=O) groups is 1. The predicted molar refractivity (Wildman–Crippen MR) is 105 cm³/mol. The Balaban J connectivity index is 1.58. The number of hydrogen-bond donors (Lipinski definition) is 2. The molecule has 3 aromatic heterocycles. The first-order valence-corrected chi connectivity index (χ1v) is 8.74. The van der Waals surface area contributed by atoms with Gasteiger partial charge in [0.1, 0.15) is 17.2 Å². The number of aryl methyl sites for hydroxylation is 1. The highest BCUT2D eigenvalue weighted by molar-refractivity contribution is 6.33. The van der Waals surface area contributed by atoms with Crippen LogP contribution in [0.15, 0.2) is 54.7 Å². The van der Waals surface area contributed by atoms with Gasteiger partial charge in [-0.25, -0.2) is 4.98 Å². The Morgan fingerprint density at radius 3 is 2.64 bits per heavy atom. The van der Waals surface area contributed by atoms with E-state index in [4.69, 9.17) is 11.6 Å². The Bertz CT molecular complexity index is 1140. The maximum atomic E-state index is 12.6. The third-order valence-corrected chi connectivity index (χ3v) is 4.17. The van der Waals surface area contributed by atoms with Crippen LogP contribution in [0.2, 0.25) is 5.02 Å². The van der Waals surface area contributed by atoms with E-state index in [2.05, 4.69) is 35.5 Å². The second kappa shape index (κ2) is 7.53. The molecule has 0 unspecified atom stereocenters. The summed E-state index contributed by atoms with van der Waals surface area (Å²) in [5, 5.41) is 10.1. The van der Waals surface area contributed by atoms with Gasteiger partial charge in [-0.1, -0.05) is 35.9 Å². The van der Waals surface area contributed by atoms with Crippen LogP contribution in [0.1, 0.15) is 16.3 Å². The molecule has 8 nitrogen and oxygen atoms in total. The minimum Gasteiger partial charge on any atom is -0.289 e. The summed E-state index contributed by atoms with van der Waals surface area (Å²) >= 11 is 6.18. The molecule has 1 aromatic carbocycles. The van der Waals surface area contributed by atoms with E-state index in [9.17, 15) is 4.79 Å². The van der Waals surface area contributed by atoms with Crippen LogP contribution in [0.3, 0.4) is 0 Å². The summed E-state index contributed by atoms with van der Waals surface area (Å²) in [4.78, 5) is 29.5. The number of benzene rings is 1. The van der Waals surface area contributed by atoms with Crippen LogP contribution in [-0.4, -0.2) is 36.0 Å². The zero-order chi connectivity index (χ0) is 19.5. The van der Waals surface area contributed by atoms with Crippen molar-refractivity contribution in [2.45, 2.75) is 6.92 Å². The van der Waals surface area contributed by atoms with Crippen molar-refractivity contribution in [1.29, 1.82) is 0 Å². The van der Waals surface area contributed by atoms with E-state index >= 15 is 0 Å². The van der Waals surface area contributed by atoms with Crippen LogP contribution in [0.25, 0.3) is 22.8 Å². The summed E-state index contributed by atoms with van der Waals surface area (Å²) < 4.78 is 0. The summed E-state index contributed by atoms with van der Waals surface area (Å²) in [6.07, 6.45) is 1.65. The zero-order valence-electron chi connectivity index (χ0n) is 14.7. The molecule has 0 radical (unpaired) electrons. The lowest BCUT2D eigenvalue weighted by Crippen LogP contribution is -2.16. The van der Waals surface area contributed by atoms with Crippen molar-refractivity contribution in [3.05, 3.63) is 71.3 Å². The van der Waals surface area contributed by atoms with Crippen LogP contribution in [0.5, 0.6) is 0 Å². The Kier molecular flexibility index (Phi) is 4.77. The first kappa shape index (κ1) is 17.7. The highest BCUT2D eigenvalue weighted by atomic mass is 35.5. The summed E-state index contributed by atoms with van der Waals surface area (Å²) in [6.45, 7) is 1.72. The number of H-pyrrole nitrogens is 1. The molecule has 138 valence electrons. The molecule has 0 aliphatic carbocycles. The standard InChI is InChI=1S/C19H14ClN7O/c1-11-22-17(14-8-4-5-9-21-14)24-19(23-11)25-18(28)16-10-15(26-27-16)12-6-2-3-7-13(12)20/h2-10H,1H3,(H,26,27)(H,22,23,24,25,28). The van der Waals surface area contributed by atoms with Crippen LogP contribution in [-0.2, 0) is 0 Å². The third-order valence-electron chi connectivity index (χ3n) is 3.84. The lowest BCUT2D eigenvalue weighted by Gasteiger charge is -2.05. The van der Waals surface area contributed by atoms with Crippen LogP contribution in [0, 0.1) is 6.92 Å². The molecule has 9 heteroatoms. The minimum absolute atomic E-state index is 0.132. The van der Waals surface area contributed by atoms with Gasteiger partial charge in [0.15, 0.2) is 5.82 Å². The number of rotatable bonds is 4. The topological polar surface area (TPSA) is 109 Å². The molecular formula is C19H14ClN7O. The number of aromatic amines is 1. The lowest BCUT2D eigenvalue weighted by molar-refractivity contribution is 0.102. The molecule has 1 amide bonds. The summed E-state index contributed by atoms with van der Waals surface area (Å²) in [7, 11) is 0. The first-order chi connectivity index (χ1) is 13.6. The largest absolute Gasteiger partial charge is 0.289 e. The van der Waals surface area contributed by atoms with E-state index in [1.54, 1.807) is 37.4 Å². The number of amides is 1. The number of halogens is 1. The number of carbonyl (C=O) groups excluding carboxylic acids is 1. The van der Waals surface area contributed by atoms with Crippen LogP contribution in [0.4, 0.5) is 5.95 Å². The van der Waals surface area contributed by atoms with Gasteiger partial charge in [0.25, 0.3) is 5.91 Å². The molecule has 2 N–H and O–H groups in total. The van der Waals surface area contributed by atoms with Crippen LogP contribution >= 0.6 is 11.6 Å². The molecular weight excluding hydrogens is 378 g/mol. The van der Waals surface area contributed by atoms with Crippen molar-refractivity contribution in [2.75, 3.05) is 5.32 Å². The SMILES string of the molecule is Cc1nc(NC(=O)c2cc(-c3ccccc3Cl)n[nH]2)nc(-c2ccccn2)n1. The van der Waals surface area contributed by atoms with Crippen molar-refractivity contribution in [3.63, 3.8) is 0 Å². The second-order valence-corrected chi connectivity index (χ2v) is 6.25. The van der Waals surface area contributed by atoms with E-state index in [0.29, 0.717) is 28.1 Å². The van der Waals surface area contributed by atoms with Crippen molar-refractivity contribution >= 4 is 23.5 Å². The number of anilines is 1. The predicted octanol–water partition coefficient (Wildman–Crippen LogP) is 3.54. The van der Waals surface area contributed by atoms with E-state index in [-0.39, 0.29) is 11.6 Å². The van der Waals surface area contributed by atoms with Crippen molar-refractivity contribution in [1.82, 2.24) is 30.1 Å². The lowest BCUT2D eigenvalue weighted by atomic mass is 10.1. The Morgan fingerprint density at radius 1 is 1.04 bits per heavy atom. The fourth-order valence-corrected chi connectivity index (χ4v) is 2.79. The fraction of sp³-hybridized carbons (Fsp3) is 0.0526. The Labute approximate surface area is 165 Å². The van der Waals surface area contributed by atoms with E-state index in [1.165, 1.54) is 0 Å². The highest BCUT2D eigenvalue weighted by Crippen LogP contribution is 2.26. The monoisotopic (exact) mass is 391 g/mol.